The van der Waals surface area contributed by atoms with Crippen LogP contribution in [0.15, 0.2) is 0 Å². The number of hydrogen-bond donors (Lipinski definition) is 0. The molecule has 0 N–H and O–H groups in total. The summed E-state index contributed by atoms with van der Waals surface area (Å²) in [5.41, 5.74) is 3.76. The van der Waals surface area contributed by atoms with Crippen LogP contribution in [-0.4, -0.2) is 48.7 Å². The second-order valence-electron chi connectivity index (χ2n) is 6.54. The number of pyridine rings is 1. The highest BCUT2D eigenvalue weighted by Gasteiger charge is 2.26. The maximum absolute atomic E-state index is 12.3. The van der Waals surface area contributed by atoms with Crippen molar-refractivity contribution in [1.82, 2.24) is 9.88 Å². The zero-order chi connectivity index (χ0) is 17.1. The number of nitrogens with zero attached hydrogens (tertiary/aromatic N) is 3. The number of hydrogen-bond acceptors (Lipinski definition) is 5. The second-order valence-corrected chi connectivity index (χ2v) is 6.54. The van der Waals surface area contributed by atoms with Gasteiger partial charge in [-0.05, 0) is 36.3 Å². The monoisotopic (exact) mass is 329 g/mol. The highest BCUT2D eigenvalue weighted by atomic mass is 16.5. The van der Waals surface area contributed by atoms with Gasteiger partial charge in [-0.1, -0.05) is 13.8 Å². The van der Waals surface area contributed by atoms with Crippen LogP contribution in [0.4, 0.5) is 0 Å². The van der Waals surface area contributed by atoms with Crippen molar-refractivity contribution in [1.29, 1.82) is 5.26 Å². The minimum atomic E-state index is -0.0874. The van der Waals surface area contributed by atoms with Gasteiger partial charge in [0, 0.05) is 13.1 Å². The number of morpholine rings is 1. The van der Waals surface area contributed by atoms with Gasteiger partial charge in [0.25, 0.3) is 5.91 Å². The summed E-state index contributed by atoms with van der Waals surface area (Å²) in [6.45, 7) is 6.39. The Kier molecular flexibility index (Phi) is 5.00. The first-order valence-electron chi connectivity index (χ1n) is 8.56. The summed E-state index contributed by atoms with van der Waals surface area (Å²) < 4.78 is 10.9. The molecule has 6 nitrogen and oxygen atoms in total. The summed E-state index contributed by atoms with van der Waals surface area (Å²) in [5.74, 6) is 0.487. The lowest BCUT2D eigenvalue weighted by Gasteiger charge is -2.26. The van der Waals surface area contributed by atoms with Crippen molar-refractivity contribution in [3.8, 4) is 11.9 Å². The number of aromatic nitrogens is 1. The fourth-order valence-electron chi connectivity index (χ4n) is 3.40. The molecule has 2 aliphatic rings. The van der Waals surface area contributed by atoms with E-state index in [1.807, 2.05) is 0 Å². The van der Waals surface area contributed by atoms with Crippen LogP contribution in [0.5, 0.6) is 5.88 Å². The van der Waals surface area contributed by atoms with Crippen molar-refractivity contribution in [3.05, 3.63) is 22.4 Å². The fourth-order valence-corrected chi connectivity index (χ4v) is 3.40. The molecule has 0 radical (unpaired) electrons. The third-order valence-electron chi connectivity index (χ3n) is 4.62. The summed E-state index contributed by atoms with van der Waals surface area (Å²) >= 11 is 0. The van der Waals surface area contributed by atoms with E-state index in [1.54, 1.807) is 4.90 Å². The van der Waals surface area contributed by atoms with Gasteiger partial charge in [0.2, 0.25) is 5.88 Å². The standard InChI is InChI=1S/C18H23N3O3/c1-12(2)17-14-5-3-4-13(14)15(10-19)18(20-17)24-11-16(22)21-6-8-23-9-7-21/h12H,3-9,11H2,1-2H3. The molecule has 2 heterocycles. The molecule has 3 rings (SSSR count). The Labute approximate surface area is 142 Å². The van der Waals surface area contributed by atoms with Gasteiger partial charge in [-0.3, -0.25) is 4.79 Å². The van der Waals surface area contributed by atoms with Gasteiger partial charge in [-0.15, -0.1) is 0 Å². The molecule has 0 aromatic carbocycles. The average molecular weight is 329 g/mol. The van der Waals surface area contributed by atoms with E-state index in [4.69, 9.17) is 9.47 Å². The van der Waals surface area contributed by atoms with Crippen LogP contribution < -0.4 is 4.74 Å². The Hall–Kier alpha value is -2.13. The van der Waals surface area contributed by atoms with Crippen molar-refractivity contribution < 1.29 is 14.3 Å². The van der Waals surface area contributed by atoms with Gasteiger partial charge in [-0.2, -0.15) is 5.26 Å². The van der Waals surface area contributed by atoms with Crippen LogP contribution in [0.1, 0.15) is 48.6 Å². The maximum Gasteiger partial charge on any atom is 0.260 e. The third kappa shape index (κ3) is 3.22. The molecule has 1 aromatic heterocycles. The predicted octanol–water partition coefficient (Wildman–Crippen LogP) is 1.80. The molecular weight excluding hydrogens is 306 g/mol. The van der Waals surface area contributed by atoms with E-state index in [1.165, 1.54) is 5.56 Å². The minimum absolute atomic E-state index is 0.0853. The smallest absolute Gasteiger partial charge is 0.260 e. The highest BCUT2D eigenvalue weighted by Crippen LogP contribution is 2.35. The lowest BCUT2D eigenvalue weighted by atomic mass is 9.98. The van der Waals surface area contributed by atoms with Crippen molar-refractivity contribution >= 4 is 5.91 Å². The normalized spacial score (nSPS) is 16.8. The lowest BCUT2D eigenvalue weighted by molar-refractivity contribution is -0.137. The molecule has 0 bridgehead atoms. The van der Waals surface area contributed by atoms with Crippen LogP contribution in [0.2, 0.25) is 0 Å². The molecule has 1 aliphatic heterocycles. The average Bonchev–Trinajstić information content (AvgIpc) is 3.08. The van der Waals surface area contributed by atoms with E-state index in [-0.39, 0.29) is 18.4 Å². The van der Waals surface area contributed by atoms with Crippen LogP contribution in [-0.2, 0) is 22.4 Å². The largest absolute Gasteiger partial charge is 0.467 e. The Bertz CT molecular complexity index is 673. The molecule has 0 saturated carbocycles. The number of rotatable bonds is 4. The first kappa shape index (κ1) is 16.7. The molecule has 6 heteroatoms. The van der Waals surface area contributed by atoms with Gasteiger partial charge >= 0.3 is 0 Å². The van der Waals surface area contributed by atoms with Crippen molar-refractivity contribution in [2.24, 2.45) is 0 Å². The van der Waals surface area contributed by atoms with Gasteiger partial charge in [0.15, 0.2) is 6.61 Å². The predicted molar refractivity (Wildman–Crippen MR) is 88.0 cm³/mol. The SMILES string of the molecule is CC(C)c1nc(OCC(=O)N2CCOCC2)c(C#N)c2c1CCC2. The molecule has 128 valence electrons. The summed E-state index contributed by atoms with van der Waals surface area (Å²) in [6, 6.07) is 2.23. The van der Waals surface area contributed by atoms with Gasteiger partial charge in [0.05, 0.1) is 18.9 Å². The van der Waals surface area contributed by atoms with Crippen LogP contribution in [0.3, 0.4) is 0 Å². The number of carbonyl (C=O) groups excluding carboxylic acids is 1. The second kappa shape index (κ2) is 7.18. The molecule has 1 saturated heterocycles. The number of amides is 1. The van der Waals surface area contributed by atoms with Crippen LogP contribution in [0, 0.1) is 11.3 Å². The van der Waals surface area contributed by atoms with Gasteiger partial charge < -0.3 is 14.4 Å². The van der Waals surface area contributed by atoms with Gasteiger partial charge in [-0.25, -0.2) is 4.98 Å². The van der Waals surface area contributed by atoms with Crippen molar-refractivity contribution in [2.45, 2.75) is 39.0 Å². The quantitative estimate of drug-likeness (QED) is 0.842. The van der Waals surface area contributed by atoms with E-state index < -0.39 is 0 Å². The zero-order valence-corrected chi connectivity index (χ0v) is 14.3. The van der Waals surface area contributed by atoms with Crippen LogP contribution >= 0.6 is 0 Å². The molecule has 1 fully saturated rings. The molecule has 1 aromatic rings. The highest BCUT2D eigenvalue weighted by molar-refractivity contribution is 5.78. The Morgan fingerprint density at radius 3 is 2.71 bits per heavy atom. The van der Waals surface area contributed by atoms with E-state index >= 15 is 0 Å². The van der Waals surface area contributed by atoms with E-state index in [2.05, 4.69) is 24.9 Å². The number of carbonyl (C=O) groups is 1. The third-order valence-corrected chi connectivity index (χ3v) is 4.62. The lowest BCUT2D eigenvalue weighted by Crippen LogP contribution is -2.43. The zero-order valence-electron chi connectivity index (χ0n) is 14.3. The van der Waals surface area contributed by atoms with E-state index in [0.717, 1.165) is 30.5 Å². The topological polar surface area (TPSA) is 75.4 Å². The van der Waals surface area contributed by atoms with Gasteiger partial charge in [0.1, 0.15) is 11.6 Å². The summed E-state index contributed by atoms with van der Waals surface area (Å²) in [5, 5.41) is 9.54. The molecule has 0 atom stereocenters. The molecule has 24 heavy (non-hydrogen) atoms. The summed E-state index contributed by atoms with van der Waals surface area (Å²) in [7, 11) is 0. The van der Waals surface area contributed by atoms with Crippen LogP contribution in [0.25, 0.3) is 0 Å². The first-order valence-corrected chi connectivity index (χ1v) is 8.56. The molecule has 0 unspecified atom stereocenters. The maximum atomic E-state index is 12.3. The fraction of sp³-hybridized carbons (Fsp3) is 0.611. The van der Waals surface area contributed by atoms with Crippen molar-refractivity contribution in [2.75, 3.05) is 32.9 Å². The minimum Gasteiger partial charge on any atom is -0.467 e. The number of ether oxygens (including phenoxy) is 2. The molecule has 1 aliphatic carbocycles. The molecular formula is C18H23N3O3. The first-order chi connectivity index (χ1) is 11.6. The molecule has 0 spiro atoms. The molecule has 1 amide bonds. The summed E-state index contributed by atoms with van der Waals surface area (Å²) in [6.07, 6.45) is 2.90. The Balaban J connectivity index is 1.81. The number of nitriles is 1. The van der Waals surface area contributed by atoms with E-state index in [0.29, 0.717) is 37.7 Å². The Morgan fingerprint density at radius 1 is 1.33 bits per heavy atom. The van der Waals surface area contributed by atoms with Crippen molar-refractivity contribution in [3.63, 3.8) is 0 Å². The van der Waals surface area contributed by atoms with E-state index in [9.17, 15) is 10.1 Å². The summed E-state index contributed by atoms with van der Waals surface area (Å²) in [4.78, 5) is 18.6. The Morgan fingerprint density at radius 2 is 2.04 bits per heavy atom. The number of fused-ring (bicyclic) bond motifs is 1.